The van der Waals surface area contributed by atoms with Crippen LogP contribution in [0.5, 0.6) is 0 Å². The minimum atomic E-state index is -0.368. The summed E-state index contributed by atoms with van der Waals surface area (Å²) in [5, 5.41) is 6.94. The van der Waals surface area contributed by atoms with Crippen LogP contribution in [0.3, 0.4) is 0 Å². The van der Waals surface area contributed by atoms with Crippen molar-refractivity contribution in [3.05, 3.63) is 65.7 Å². The van der Waals surface area contributed by atoms with Crippen LogP contribution in [0.4, 0.5) is 10.2 Å². The van der Waals surface area contributed by atoms with Gasteiger partial charge in [-0.25, -0.2) is 14.4 Å². The molecule has 150 valence electrons. The molecule has 28 heavy (non-hydrogen) atoms. The Labute approximate surface area is 175 Å². The van der Waals surface area contributed by atoms with Crippen LogP contribution in [-0.2, 0) is 6.42 Å². The maximum Gasteiger partial charge on any atom is 0.251 e. The number of carbonyl (C=O) groups excluding carboxylic acids is 1. The SMILES string of the molecule is Cl.Cl.NCCc1nc(NCCNC(=O)c2ccc(F)cc2)c2ccccc2n1. The maximum absolute atomic E-state index is 12.9. The zero-order chi connectivity index (χ0) is 18.4. The number of anilines is 1. The minimum Gasteiger partial charge on any atom is -0.368 e. The topological polar surface area (TPSA) is 92.9 Å². The van der Waals surface area contributed by atoms with Crippen molar-refractivity contribution in [3.63, 3.8) is 0 Å². The maximum atomic E-state index is 12.9. The first-order valence-electron chi connectivity index (χ1n) is 8.41. The van der Waals surface area contributed by atoms with Gasteiger partial charge < -0.3 is 16.4 Å². The molecular weight excluding hydrogens is 404 g/mol. The second-order valence-corrected chi connectivity index (χ2v) is 5.73. The molecule has 0 aliphatic heterocycles. The number of hydrogen-bond donors (Lipinski definition) is 3. The fraction of sp³-hybridized carbons (Fsp3) is 0.211. The molecule has 0 bridgehead atoms. The molecule has 0 unspecified atom stereocenters. The number of hydrogen-bond acceptors (Lipinski definition) is 5. The Hall–Kier alpha value is -2.48. The lowest BCUT2D eigenvalue weighted by atomic mass is 10.2. The predicted octanol–water partition coefficient (Wildman–Crippen LogP) is 2.96. The van der Waals surface area contributed by atoms with Gasteiger partial charge in [0.2, 0.25) is 0 Å². The van der Waals surface area contributed by atoms with Crippen molar-refractivity contribution >= 4 is 47.4 Å². The second kappa shape index (κ2) is 11.4. The fourth-order valence-electron chi connectivity index (χ4n) is 2.56. The van der Waals surface area contributed by atoms with Crippen molar-refractivity contribution in [1.29, 1.82) is 0 Å². The number of amides is 1. The number of halogens is 3. The molecule has 1 aromatic heterocycles. The molecule has 0 radical (unpaired) electrons. The van der Waals surface area contributed by atoms with Gasteiger partial charge in [-0.05, 0) is 42.9 Å². The van der Waals surface area contributed by atoms with E-state index in [0.29, 0.717) is 37.4 Å². The van der Waals surface area contributed by atoms with Gasteiger partial charge in [0.25, 0.3) is 5.91 Å². The minimum absolute atomic E-state index is 0. The molecule has 9 heteroatoms. The molecule has 3 aromatic rings. The Kier molecular flexibility index (Phi) is 9.58. The molecule has 2 aromatic carbocycles. The Morgan fingerprint density at radius 2 is 1.71 bits per heavy atom. The number of nitrogens with two attached hydrogens (primary N) is 1. The lowest BCUT2D eigenvalue weighted by molar-refractivity contribution is 0.0955. The summed E-state index contributed by atoms with van der Waals surface area (Å²) in [4.78, 5) is 21.0. The standard InChI is InChI=1S/C19H20FN5O.2ClH/c20-14-7-5-13(6-8-14)19(26)23-12-11-22-18-15-3-1-2-4-16(15)24-17(25-18)9-10-21;;/h1-8H,9-12,21H2,(H,23,26)(H,22,24,25);2*1H. The van der Waals surface area contributed by atoms with Crippen LogP contribution in [0.15, 0.2) is 48.5 Å². The van der Waals surface area contributed by atoms with Gasteiger partial charge in [-0.3, -0.25) is 4.79 Å². The van der Waals surface area contributed by atoms with Crippen LogP contribution in [0, 0.1) is 5.82 Å². The van der Waals surface area contributed by atoms with Crippen molar-refractivity contribution < 1.29 is 9.18 Å². The molecule has 0 atom stereocenters. The molecule has 1 heterocycles. The van der Waals surface area contributed by atoms with E-state index in [1.165, 1.54) is 24.3 Å². The summed E-state index contributed by atoms with van der Waals surface area (Å²) in [6.45, 7) is 1.38. The van der Waals surface area contributed by atoms with Crippen molar-refractivity contribution in [2.75, 3.05) is 25.0 Å². The van der Waals surface area contributed by atoms with Gasteiger partial charge >= 0.3 is 0 Å². The summed E-state index contributed by atoms with van der Waals surface area (Å²) >= 11 is 0. The van der Waals surface area contributed by atoms with Crippen LogP contribution in [0.2, 0.25) is 0 Å². The average molecular weight is 426 g/mol. The van der Waals surface area contributed by atoms with E-state index in [0.717, 1.165) is 16.7 Å². The van der Waals surface area contributed by atoms with Crippen LogP contribution in [-0.4, -0.2) is 35.5 Å². The van der Waals surface area contributed by atoms with E-state index in [2.05, 4.69) is 20.6 Å². The first-order valence-corrected chi connectivity index (χ1v) is 8.41. The molecule has 0 saturated carbocycles. The lowest BCUT2D eigenvalue weighted by Gasteiger charge is -2.11. The van der Waals surface area contributed by atoms with Gasteiger partial charge in [0.05, 0.1) is 5.52 Å². The Morgan fingerprint density at radius 1 is 1.00 bits per heavy atom. The smallest absolute Gasteiger partial charge is 0.251 e. The lowest BCUT2D eigenvalue weighted by Crippen LogP contribution is -2.29. The summed E-state index contributed by atoms with van der Waals surface area (Å²) in [5.74, 6) is 0.787. The van der Waals surface area contributed by atoms with Gasteiger partial charge in [-0.2, -0.15) is 0 Å². The number of benzene rings is 2. The molecule has 0 fully saturated rings. The molecular formula is C19H22Cl2FN5O. The van der Waals surface area contributed by atoms with E-state index >= 15 is 0 Å². The number of carbonyl (C=O) groups is 1. The number of rotatable bonds is 7. The number of aromatic nitrogens is 2. The first-order chi connectivity index (χ1) is 12.7. The predicted molar refractivity (Wildman–Crippen MR) is 114 cm³/mol. The molecule has 4 N–H and O–H groups in total. The van der Waals surface area contributed by atoms with E-state index in [-0.39, 0.29) is 36.5 Å². The monoisotopic (exact) mass is 425 g/mol. The molecule has 0 saturated heterocycles. The molecule has 0 aliphatic rings. The van der Waals surface area contributed by atoms with Gasteiger partial charge in [-0.15, -0.1) is 24.8 Å². The van der Waals surface area contributed by atoms with E-state index < -0.39 is 0 Å². The second-order valence-electron chi connectivity index (χ2n) is 5.73. The van der Waals surface area contributed by atoms with E-state index in [4.69, 9.17) is 5.73 Å². The third kappa shape index (κ3) is 6.02. The molecule has 0 spiro atoms. The summed E-state index contributed by atoms with van der Waals surface area (Å²) in [7, 11) is 0. The van der Waals surface area contributed by atoms with Crippen molar-refractivity contribution in [3.8, 4) is 0 Å². The van der Waals surface area contributed by atoms with Gasteiger partial charge in [0, 0.05) is 30.5 Å². The highest BCUT2D eigenvalue weighted by Gasteiger charge is 2.08. The summed E-state index contributed by atoms with van der Waals surface area (Å²) in [6, 6.07) is 13.2. The number of para-hydroxylation sites is 1. The van der Waals surface area contributed by atoms with Crippen LogP contribution in [0.25, 0.3) is 10.9 Å². The third-order valence-corrected chi connectivity index (χ3v) is 3.83. The average Bonchev–Trinajstić information content (AvgIpc) is 2.65. The quantitative estimate of drug-likeness (QED) is 0.506. The van der Waals surface area contributed by atoms with Gasteiger partial charge in [-0.1, -0.05) is 12.1 Å². The number of nitrogens with zero attached hydrogens (tertiary/aromatic N) is 2. The zero-order valence-electron chi connectivity index (χ0n) is 15.0. The van der Waals surface area contributed by atoms with Gasteiger partial charge in [0.1, 0.15) is 17.5 Å². The highest BCUT2D eigenvalue weighted by molar-refractivity contribution is 5.94. The zero-order valence-corrected chi connectivity index (χ0v) is 16.7. The Balaban J connectivity index is 0.00000196. The Morgan fingerprint density at radius 3 is 2.43 bits per heavy atom. The fourth-order valence-corrected chi connectivity index (χ4v) is 2.56. The summed E-state index contributed by atoms with van der Waals surface area (Å²) in [6.07, 6.45) is 0.598. The van der Waals surface area contributed by atoms with Crippen LogP contribution in [0.1, 0.15) is 16.2 Å². The van der Waals surface area contributed by atoms with Crippen molar-refractivity contribution in [2.45, 2.75) is 6.42 Å². The molecule has 0 aliphatic carbocycles. The Bertz CT molecular complexity index is 908. The molecule has 1 amide bonds. The third-order valence-electron chi connectivity index (χ3n) is 3.83. The van der Waals surface area contributed by atoms with Crippen molar-refractivity contribution in [2.24, 2.45) is 5.73 Å². The van der Waals surface area contributed by atoms with Crippen LogP contribution < -0.4 is 16.4 Å². The summed E-state index contributed by atoms with van der Waals surface area (Å²) < 4.78 is 12.9. The largest absolute Gasteiger partial charge is 0.368 e. The van der Waals surface area contributed by atoms with Crippen LogP contribution >= 0.6 is 24.8 Å². The number of nitrogens with one attached hydrogen (secondary N) is 2. The van der Waals surface area contributed by atoms with E-state index in [1.807, 2.05) is 24.3 Å². The highest BCUT2D eigenvalue weighted by atomic mass is 35.5. The summed E-state index contributed by atoms with van der Waals surface area (Å²) in [5.41, 5.74) is 6.87. The molecule has 6 nitrogen and oxygen atoms in total. The first kappa shape index (κ1) is 23.6. The number of fused-ring (bicyclic) bond motifs is 1. The van der Waals surface area contributed by atoms with Gasteiger partial charge in [0.15, 0.2) is 0 Å². The van der Waals surface area contributed by atoms with Crippen molar-refractivity contribution in [1.82, 2.24) is 15.3 Å². The molecule has 3 rings (SSSR count). The van der Waals surface area contributed by atoms with E-state index in [1.54, 1.807) is 0 Å². The highest BCUT2D eigenvalue weighted by Crippen LogP contribution is 2.19. The van der Waals surface area contributed by atoms with E-state index in [9.17, 15) is 9.18 Å². The normalized spacial score (nSPS) is 9.93.